The maximum Gasteiger partial charge on any atom is 0.213 e. The van der Waals surface area contributed by atoms with Crippen LogP contribution in [0.25, 0.3) is 0 Å². The van der Waals surface area contributed by atoms with E-state index in [-0.39, 0.29) is 29.7 Å². The van der Waals surface area contributed by atoms with Crippen molar-refractivity contribution in [2.24, 2.45) is 16.8 Å². The Morgan fingerprint density at radius 1 is 1.19 bits per heavy atom. The zero-order valence-electron chi connectivity index (χ0n) is 16.4. The molecule has 0 aromatic carbocycles. The summed E-state index contributed by atoms with van der Waals surface area (Å²) in [4.78, 5) is 9.00. The first-order valence-corrected chi connectivity index (χ1v) is 11.2. The molecule has 2 N–H and O–H groups in total. The predicted octanol–water partition coefficient (Wildman–Crippen LogP) is 1.17. The molecule has 1 saturated heterocycles. The van der Waals surface area contributed by atoms with E-state index in [9.17, 15) is 8.42 Å². The molecule has 0 aromatic rings. The summed E-state index contributed by atoms with van der Waals surface area (Å²) in [6.45, 7) is 10.5. The first-order chi connectivity index (χ1) is 11.9. The van der Waals surface area contributed by atoms with Gasteiger partial charge in [-0.3, -0.25) is 9.89 Å². The van der Waals surface area contributed by atoms with Gasteiger partial charge in [0.25, 0.3) is 0 Å². The molecule has 9 heteroatoms. The topological polar surface area (TPSA) is 77.0 Å². The summed E-state index contributed by atoms with van der Waals surface area (Å²) >= 11 is 0. The van der Waals surface area contributed by atoms with Gasteiger partial charge in [0.05, 0.1) is 5.75 Å². The second-order valence-corrected chi connectivity index (χ2v) is 9.55. The van der Waals surface area contributed by atoms with Crippen LogP contribution < -0.4 is 10.0 Å². The number of halogens is 1. The lowest BCUT2D eigenvalue weighted by Gasteiger charge is -2.37. The molecule has 1 aliphatic heterocycles. The van der Waals surface area contributed by atoms with Gasteiger partial charge in [0.2, 0.25) is 10.0 Å². The first kappa shape index (κ1) is 23.9. The largest absolute Gasteiger partial charge is 0.355 e. The van der Waals surface area contributed by atoms with Crippen molar-refractivity contribution in [3.05, 3.63) is 0 Å². The Morgan fingerprint density at radius 2 is 1.85 bits per heavy atom. The van der Waals surface area contributed by atoms with E-state index in [1.165, 1.54) is 6.42 Å². The molecule has 1 heterocycles. The van der Waals surface area contributed by atoms with Crippen LogP contribution >= 0.6 is 24.0 Å². The van der Waals surface area contributed by atoms with E-state index in [4.69, 9.17) is 0 Å². The molecule has 0 radical (unpaired) electrons. The SMILES string of the molecule is CN=C(NCCS(=O)(=O)NCC1CCC1)N1CCN(CC(C)C)CC1.I. The standard InChI is InChI=1S/C17H35N5O2S.HI/c1-15(2)14-21-8-10-22(11-9-21)17(18-3)19-7-12-25(23,24)20-13-16-5-4-6-16;/h15-16,20H,4-14H2,1-3H3,(H,18,19);1H. The number of aliphatic imine (C=N–C) groups is 1. The normalized spacial score (nSPS) is 20.0. The van der Waals surface area contributed by atoms with Crippen molar-refractivity contribution >= 4 is 40.0 Å². The Morgan fingerprint density at radius 3 is 2.35 bits per heavy atom. The van der Waals surface area contributed by atoms with E-state index in [2.05, 4.69) is 38.7 Å². The second-order valence-electron chi connectivity index (χ2n) is 7.62. The van der Waals surface area contributed by atoms with E-state index >= 15 is 0 Å². The van der Waals surface area contributed by atoms with Crippen molar-refractivity contribution in [1.29, 1.82) is 0 Å². The maximum atomic E-state index is 12.1. The first-order valence-electron chi connectivity index (χ1n) is 9.55. The summed E-state index contributed by atoms with van der Waals surface area (Å²) in [7, 11) is -1.45. The Bertz CT molecular complexity index is 529. The fourth-order valence-corrected chi connectivity index (χ4v) is 4.31. The van der Waals surface area contributed by atoms with Gasteiger partial charge in [0.1, 0.15) is 0 Å². The molecule has 0 spiro atoms. The average molecular weight is 501 g/mol. The zero-order valence-corrected chi connectivity index (χ0v) is 19.6. The van der Waals surface area contributed by atoms with Gasteiger partial charge in [-0.1, -0.05) is 20.3 Å². The van der Waals surface area contributed by atoms with Gasteiger partial charge in [-0.15, -0.1) is 24.0 Å². The van der Waals surface area contributed by atoms with Gasteiger partial charge in [-0.05, 0) is 24.7 Å². The molecular weight excluding hydrogens is 465 g/mol. The quantitative estimate of drug-likeness (QED) is 0.297. The van der Waals surface area contributed by atoms with E-state index in [1.807, 2.05) is 0 Å². The summed E-state index contributed by atoms with van der Waals surface area (Å²) in [5.41, 5.74) is 0. The summed E-state index contributed by atoms with van der Waals surface area (Å²) in [6, 6.07) is 0. The number of sulfonamides is 1. The molecule has 1 aliphatic carbocycles. The van der Waals surface area contributed by atoms with Crippen molar-refractivity contribution in [3.8, 4) is 0 Å². The van der Waals surface area contributed by atoms with Crippen LogP contribution in [-0.2, 0) is 10.0 Å². The minimum Gasteiger partial charge on any atom is -0.355 e. The molecule has 2 aliphatic rings. The highest BCUT2D eigenvalue weighted by Crippen LogP contribution is 2.25. The number of piperazine rings is 1. The molecule has 2 fully saturated rings. The van der Waals surface area contributed by atoms with Crippen molar-refractivity contribution in [2.75, 3.05) is 58.6 Å². The Hall–Kier alpha value is -0.130. The van der Waals surface area contributed by atoms with Crippen molar-refractivity contribution < 1.29 is 8.42 Å². The molecule has 154 valence electrons. The van der Waals surface area contributed by atoms with Crippen LogP contribution in [0.5, 0.6) is 0 Å². The van der Waals surface area contributed by atoms with Crippen LogP contribution in [0.1, 0.15) is 33.1 Å². The van der Waals surface area contributed by atoms with Crippen molar-refractivity contribution in [3.63, 3.8) is 0 Å². The molecule has 2 rings (SSSR count). The molecule has 1 saturated carbocycles. The monoisotopic (exact) mass is 501 g/mol. The third-order valence-corrected chi connectivity index (χ3v) is 6.33. The molecule has 0 aromatic heterocycles. The van der Waals surface area contributed by atoms with Crippen LogP contribution in [0.3, 0.4) is 0 Å². The van der Waals surface area contributed by atoms with E-state index in [0.29, 0.717) is 24.9 Å². The lowest BCUT2D eigenvalue weighted by molar-refractivity contribution is 0.164. The number of rotatable bonds is 8. The van der Waals surface area contributed by atoms with E-state index in [1.54, 1.807) is 7.05 Å². The van der Waals surface area contributed by atoms with Gasteiger partial charge >= 0.3 is 0 Å². The lowest BCUT2D eigenvalue weighted by Crippen LogP contribution is -2.53. The summed E-state index contributed by atoms with van der Waals surface area (Å²) in [5, 5.41) is 3.20. The third kappa shape index (κ3) is 8.26. The fraction of sp³-hybridized carbons (Fsp3) is 0.941. The maximum absolute atomic E-state index is 12.1. The highest BCUT2D eigenvalue weighted by Gasteiger charge is 2.22. The van der Waals surface area contributed by atoms with Crippen LogP contribution in [-0.4, -0.2) is 82.8 Å². The molecule has 0 amide bonds. The minimum atomic E-state index is -3.20. The molecule has 26 heavy (non-hydrogen) atoms. The van der Waals surface area contributed by atoms with Crippen LogP contribution in [0, 0.1) is 11.8 Å². The van der Waals surface area contributed by atoms with Crippen LogP contribution in [0.2, 0.25) is 0 Å². The summed E-state index contributed by atoms with van der Waals surface area (Å²) in [5.74, 6) is 2.11. The van der Waals surface area contributed by atoms with Gasteiger partial charge < -0.3 is 10.2 Å². The highest BCUT2D eigenvalue weighted by molar-refractivity contribution is 14.0. The number of hydrogen-bond acceptors (Lipinski definition) is 4. The zero-order chi connectivity index (χ0) is 18.3. The molecule has 0 atom stereocenters. The smallest absolute Gasteiger partial charge is 0.213 e. The van der Waals surface area contributed by atoms with Crippen molar-refractivity contribution in [2.45, 2.75) is 33.1 Å². The van der Waals surface area contributed by atoms with Crippen LogP contribution in [0.4, 0.5) is 0 Å². The van der Waals surface area contributed by atoms with Crippen LogP contribution in [0.15, 0.2) is 4.99 Å². The van der Waals surface area contributed by atoms with Gasteiger partial charge in [0, 0.05) is 52.9 Å². The van der Waals surface area contributed by atoms with Gasteiger partial charge in [0.15, 0.2) is 5.96 Å². The van der Waals surface area contributed by atoms with E-state index < -0.39 is 10.0 Å². The number of hydrogen-bond donors (Lipinski definition) is 2. The van der Waals surface area contributed by atoms with Crippen molar-refractivity contribution in [1.82, 2.24) is 19.8 Å². The number of guanidine groups is 1. The second kappa shape index (κ2) is 11.7. The fourth-order valence-electron chi connectivity index (χ4n) is 3.30. The summed E-state index contributed by atoms with van der Waals surface area (Å²) in [6.07, 6.45) is 3.53. The molecule has 7 nitrogen and oxygen atoms in total. The third-order valence-electron chi connectivity index (χ3n) is 4.98. The Balaban J connectivity index is 0.00000338. The number of nitrogens with one attached hydrogen (secondary N) is 2. The van der Waals surface area contributed by atoms with Gasteiger partial charge in [-0.2, -0.15) is 0 Å². The minimum absolute atomic E-state index is 0. The molecule has 0 unspecified atom stereocenters. The predicted molar refractivity (Wildman–Crippen MR) is 119 cm³/mol. The average Bonchev–Trinajstić information content (AvgIpc) is 2.50. The Labute approximate surface area is 176 Å². The molecule has 0 bridgehead atoms. The van der Waals surface area contributed by atoms with E-state index in [0.717, 1.165) is 51.5 Å². The number of nitrogens with zero attached hydrogens (tertiary/aromatic N) is 3. The van der Waals surface area contributed by atoms with Gasteiger partial charge in [-0.25, -0.2) is 13.1 Å². The highest BCUT2D eigenvalue weighted by atomic mass is 127. The lowest BCUT2D eigenvalue weighted by atomic mass is 9.86. The Kier molecular flexibility index (Phi) is 10.7. The summed E-state index contributed by atoms with van der Waals surface area (Å²) < 4.78 is 26.8. The molecular formula is C17H36IN5O2S.